The van der Waals surface area contributed by atoms with Crippen molar-refractivity contribution < 1.29 is 4.79 Å². The Morgan fingerprint density at radius 1 is 1.47 bits per heavy atom. The van der Waals surface area contributed by atoms with E-state index in [2.05, 4.69) is 18.3 Å². The molecule has 1 aromatic carbocycles. The Kier molecular flexibility index (Phi) is 5.14. The first kappa shape index (κ1) is 14.3. The van der Waals surface area contributed by atoms with Crippen LogP contribution >= 0.6 is 11.8 Å². The van der Waals surface area contributed by atoms with E-state index in [9.17, 15) is 4.79 Å². The van der Waals surface area contributed by atoms with Gasteiger partial charge in [0.25, 0.3) is 0 Å². The molecular weight excluding hydrogens is 256 g/mol. The van der Waals surface area contributed by atoms with Gasteiger partial charge in [-0.3, -0.25) is 4.79 Å². The van der Waals surface area contributed by atoms with Gasteiger partial charge in [-0.05, 0) is 31.4 Å². The molecule has 3 nitrogen and oxygen atoms in total. The van der Waals surface area contributed by atoms with Crippen LogP contribution in [0.15, 0.2) is 29.2 Å². The number of hydrogen-bond donors (Lipinski definition) is 2. The Hall–Kier alpha value is -1.16. The second-order valence-corrected chi connectivity index (χ2v) is 6.35. The summed E-state index contributed by atoms with van der Waals surface area (Å²) in [7, 11) is 0. The lowest BCUT2D eigenvalue weighted by Gasteiger charge is -2.29. The highest BCUT2D eigenvalue weighted by Gasteiger charge is 2.20. The lowest BCUT2D eigenvalue weighted by molar-refractivity contribution is -0.115. The SMILES string of the molecule is CC(CC1CCC1)Nc1ccccc1SCC(N)=O. The van der Waals surface area contributed by atoms with Crippen molar-refractivity contribution in [1.82, 2.24) is 0 Å². The van der Waals surface area contributed by atoms with Crippen molar-refractivity contribution >= 4 is 23.4 Å². The number of hydrogen-bond acceptors (Lipinski definition) is 3. The molecule has 19 heavy (non-hydrogen) atoms. The van der Waals surface area contributed by atoms with E-state index >= 15 is 0 Å². The van der Waals surface area contributed by atoms with Gasteiger partial charge < -0.3 is 11.1 Å². The zero-order valence-corrected chi connectivity index (χ0v) is 12.2. The Bertz CT molecular complexity index is 432. The smallest absolute Gasteiger partial charge is 0.227 e. The van der Waals surface area contributed by atoms with Gasteiger partial charge in [0.1, 0.15) is 0 Å². The number of carbonyl (C=O) groups excluding carboxylic acids is 1. The maximum absolute atomic E-state index is 10.9. The largest absolute Gasteiger partial charge is 0.382 e. The van der Waals surface area contributed by atoms with E-state index in [0.29, 0.717) is 11.8 Å². The molecule has 3 N–H and O–H groups in total. The number of nitrogens with two attached hydrogens (primary N) is 1. The first-order valence-corrected chi connectivity index (χ1v) is 7.90. The first-order chi connectivity index (χ1) is 9.15. The van der Waals surface area contributed by atoms with Gasteiger partial charge in [-0.1, -0.05) is 31.4 Å². The minimum atomic E-state index is -0.276. The average Bonchev–Trinajstić information content (AvgIpc) is 2.33. The zero-order chi connectivity index (χ0) is 13.7. The van der Waals surface area contributed by atoms with E-state index in [1.807, 2.05) is 18.2 Å². The van der Waals surface area contributed by atoms with Crippen LogP contribution in [0, 0.1) is 5.92 Å². The van der Waals surface area contributed by atoms with Crippen molar-refractivity contribution in [2.75, 3.05) is 11.1 Å². The molecule has 4 heteroatoms. The minimum Gasteiger partial charge on any atom is -0.382 e. The summed E-state index contributed by atoms with van der Waals surface area (Å²) in [5, 5.41) is 3.56. The molecule has 1 amide bonds. The summed E-state index contributed by atoms with van der Waals surface area (Å²) in [6, 6.07) is 8.59. The molecule has 1 aliphatic rings. The molecule has 1 saturated carbocycles. The molecule has 0 bridgehead atoms. The molecule has 1 fully saturated rings. The fraction of sp³-hybridized carbons (Fsp3) is 0.533. The van der Waals surface area contributed by atoms with E-state index in [0.717, 1.165) is 16.5 Å². The van der Waals surface area contributed by atoms with Crippen LogP contribution in [0.2, 0.25) is 0 Å². The number of para-hydroxylation sites is 1. The molecule has 1 aliphatic carbocycles. The van der Waals surface area contributed by atoms with Crippen LogP contribution < -0.4 is 11.1 Å². The molecule has 0 aliphatic heterocycles. The van der Waals surface area contributed by atoms with E-state index in [4.69, 9.17) is 5.73 Å². The van der Waals surface area contributed by atoms with Crippen molar-refractivity contribution in [3.05, 3.63) is 24.3 Å². The lowest BCUT2D eigenvalue weighted by Crippen LogP contribution is -2.23. The van der Waals surface area contributed by atoms with Crippen LogP contribution in [0.3, 0.4) is 0 Å². The second kappa shape index (κ2) is 6.85. The van der Waals surface area contributed by atoms with Crippen molar-refractivity contribution in [2.24, 2.45) is 11.7 Å². The number of thioether (sulfide) groups is 1. The van der Waals surface area contributed by atoms with Crippen LogP contribution in [0.4, 0.5) is 5.69 Å². The van der Waals surface area contributed by atoms with E-state index in [1.54, 1.807) is 0 Å². The number of primary amides is 1. The molecule has 1 aromatic rings. The Balaban J connectivity index is 1.91. The molecule has 1 atom stereocenters. The number of anilines is 1. The summed E-state index contributed by atoms with van der Waals surface area (Å²) in [5.41, 5.74) is 6.31. The summed E-state index contributed by atoms with van der Waals surface area (Å²) in [4.78, 5) is 12.0. The van der Waals surface area contributed by atoms with Crippen molar-refractivity contribution in [3.63, 3.8) is 0 Å². The number of carbonyl (C=O) groups is 1. The molecule has 104 valence electrons. The van der Waals surface area contributed by atoms with E-state index in [1.165, 1.54) is 37.4 Å². The monoisotopic (exact) mass is 278 g/mol. The first-order valence-electron chi connectivity index (χ1n) is 6.92. The van der Waals surface area contributed by atoms with Gasteiger partial charge in [0.15, 0.2) is 0 Å². The number of amides is 1. The molecule has 0 saturated heterocycles. The third kappa shape index (κ3) is 4.46. The maximum Gasteiger partial charge on any atom is 0.227 e. The molecule has 0 heterocycles. The predicted octanol–water partition coefficient (Wildman–Crippen LogP) is 3.25. The van der Waals surface area contributed by atoms with Crippen LogP contribution in [-0.2, 0) is 4.79 Å². The number of benzene rings is 1. The molecule has 2 rings (SSSR count). The summed E-state index contributed by atoms with van der Waals surface area (Å²) >= 11 is 1.50. The Morgan fingerprint density at radius 3 is 2.84 bits per heavy atom. The fourth-order valence-electron chi connectivity index (χ4n) is 2.41. The normalized spacial score (nSPS) is 16.7. The van der Waals surface area contributed by atoms with Gasteiger partial charge in [0.05, 0.1) is 5.75 Å². The highest BCUT2D eigenvalue weighted by molar-refractivity contribution is 8.00. The van der Waals surface area contributed by atoms with Gasteiger partial charge in [0, 0.05) is 16.6 Å². The van der Waals surface area contributed by atoms with Gasteiger partial charge in [-0.25, -0.2) is 0 Å². The fourth-order valence-corrected chi connectivity index (χ4v) is 3.17. The second-order valence-electron chi connectivity index (χ2n) is 5.33. The van der Waals surface area contributed by atoms with E-state index in [-0.39, 0.29) is 5.91 Å². The summed E-state index contributed by atoms with van der Waals surface area (Å²) in [6.07, 6.45) is 5.38. The Morgan fingerprint density at radius 2 is 2.21 bits per heavy atom. The Labute approximate surface area is 119 Å². The molecule has 0 radical (unpaired) electrons. The summed E-state index contributed by atoms with van der Waals surface area (Å²) < 4.78 is 0. The lowest BCUT2D eigenvalue weighted by atomic mass is 9.81. The van der Waals surface area contributed by atoms with Gasteiger partial charge >= 0.3 is 0 Å². The summed E-state index contributed by atoms with van der Waals surface area (Å²) in [6.45, 7) is 2.23. The highest BCUT2D eigenvalue weighted by Crippen LogP contribution is 2.32. The third-order valence-corrected chi connectivity index (χ3v) is 4.67. The molecule has 0 aromatic heterocycles. The maximum atomic E-state index is 10.9. The highest BCUT2D eigenvalue weighted by atomic mass is 32.2. The standard InChI is InChI=1S/C15H22N2OS/c1-11(9-12-5-4-6-12)17-13-7-2-3-8-14(13)19-10-15(16)18/h2-3,7-8,11-12,17H,4-6,9-10H2,1H3,(H2,16,18). The molecule has 1 unspecified atom stereocenters. The topological polar surface area (TPSA) is 55.1 Å². The third-order valence-electron chi connectivity index (χ3n) is 3.57. The van der Waals surface area contributed by atoms with Crippen molar-refractivity contribution in [1.29, 1.82) is 0 Å². The summed E-state index contributed by atoms with van der Waals surface area (Å²) in [5.74, 6) is 0.950. The predicted molar refractivity (Wildman–Crippen MR) is 81.4 cm³/mol. The minimum absolute atomic E-state index is 0.276. The van der Waals surface area contributed by atoms with E-state index < -0.39 is 0 Å². The zero-order valence-electron chi connectivity index (χ0n) is 11.4. The van der Waals surface area contributed by atoms with Crippen molar-refractivity contribution in [3.8, 4) is 0 Å². The van der Waals surface area contributed by atoms with Crippen LogP contribution in [-0.4, -0.2) is 17.7 Å². The van der Waals surface area contributed by atoms with Gasteiger partial charge in [-0.15, -0.1) is 11.8 Å². The van der Waals surface area contributed by atoms with Crippen molar-refractivity contribution in [2.45, 2.75) is 43.5 Å². The quantitative estimate of drug-likeness (QED) is 0.753. The molecular formula is C15H22N2OS. The van der Waals surface area contributed by atoms with Crippen LogP contribution in [0.1, 0.15) is 32.6 Å². The van der Waals surface area contributed by atoms with Gasteiger partial charge in [0.2, 0.25) is 5.91 Å². The molecule has 0 spiro atoms. The average molecular weight is 278 g/mol. The number of nitrogens with one attached hydrogen (secondary N) is 1. The van der Waals surface area contributed by atoms with Crippen LogP contribution in [0.5, 0.6) is 0 Å². The van der Waals surface area contributed by atoms with Gasteiger partial charge in [-0.2, -0.15) is 0 Å². The number of rotatable bonds is 7. The van der Waals surface area contributed by atoms with Crippen LogP contribution in [0.25, 0.3) is 0 Å².